The fraction of sp³-hybridized carbons (Fsp3) is 0.0476. The second-order valence-corrected chi connectivity index (χ2v) is 6.29. The minimum atomic E-state index is -0.391. The number of ether oxygens (including phenoxy) is 1. The van der Waals surface area contributed by atoms with E-state index in [4.69, 9.17) is 21.4 Å². The Bertz CT molecular complexity index is 1100. The zero-order valence-corrected chi connectivity index (χ0v) is 14.3. The fourth-order valence-corrected chi connectivity index (χ4v) is 2.98. The molecule has 3 aromatic rings. The number of aryl methyl sites for hydroxylation is 1. The van der Waals surface area contributed by atoms with Crippen molar-refractivity contribution < 1.29 is 13.9 Å². The van der Waals surface area contributed by atoms with Crippen LogP contribution in [0.15, 0.2) is 70.9 Å². The van der Waals surface area contributed by atoms with Crippen molar-refractivity contribution in [2.45, 2.75) is 6.92 Å². The molecule has 0 aliphatic carbocycles. The summed E-state index contributed by atoms with van der Waals surface area (Å²) >= 11 is 5.53. The zero-order valence-electron chi connectivity index (χ0n) is 13.5. The minimum absolute atomic E-state index is 0.391. The smallest absolute Gasteiger partial charge is 0.343 e. The van der Waals surface area contributed by atoms with Gasteiger partial charge in [-0.3, -0.25) is 0 Å². The van der Waals surface area contributed by atoms with Crippen LogP contribution in [-0.4, -0.2) is 5.97 Å². The normalized spacial score (nSPS) is 15.5. The van der Waals surface area contributed by atoms with Crippen molar-refractivity contribution >= 4 is 41.0 Å². The molecular formula is C21H14O3S. The lowest BCUT2D eigenvalue weighted by molar-refractivity contribution is -0.130. The number of fused-ring (bicyclic) bond motifs is 1. The van der Waals surface area contributed by atoms with E-state index in [1.807, 2.05) is 55.5 Å². The summed E-state index contributed by atoms with van der Waals surface area (Å²) in [6.07, 6.45) is 5.02. The van der Waals surface area contributed by atoms with Gasteiger partial charge in [-0.2, -0.15) is 0 Å². The van der Waals surface area contributed by atoms with Gasteiger partial charge in [0.05, 0.1) is 16.3 Å². The summed E-state index contributed by atoms with van der Waals surface area (Å²) < 4.78 is 11.7. The number of rotatable bonds is 2. The number of hydrogen-bond donors (Lipinski definition) is 0. The molecule has 122 valence electrons. The van der Waals surface area contributed by atoms with E-state index < -0.39 is 5.97 Å². The van der Waals surface area contributed by atoms with Crippen molar-refractivity contribution in [2.75, 3.05) is 0 Å². The molecule has 1 aliphatic rings. The van der Waals surface area contributed by atoms with Crippen molar-refractivity contribution in [2.24, 2.45) is 0 Å². The van der Waals surface area contributed by atoms with E-state index in [0.29, 0.717) is 21.4 Å². The largest absolute Gasteiger partial charge is 0.464 e. The van der Waals surface area contributed by atoms with Gasteiger partial charge in [-0.05, 0) is 31.2 Å². The molecule has 0 saturated heterocycles. The summed E-state index contributed by atoms with van der Waals surface area (Å²) in [7, 11) is 0. The Balaban J connectivity index is 1.76. The summed E-state index contributed by atoms with van der Waals surface area (Å²) in [5.74, 6) is 0.151. The molecule has 2 aromatic carbocycles. The van der Waals surface area contributed by atoms with Gasteiger partial charge in [0.25, 0.3) is 0 Å². The molecule has 0 amide bonds. The molecule has 3 nitrogen and oxygen atoms in total. The van der Waals surface area contributed by atoms with Crippen molar-refractivity contribution in [3.8, 4) is 0 Å². The highest BCUT2D eigenvalue weighted by Crippen LogP contribution is 2.28. The average Bonchev–Trinajstić information content (AvgIpc) is 2.99. The highest BCUT2D eigenvalue weighted by Gasteiger charge is 2.22. The molecule has 4 rings (SSSR count). The third-order valence-corrected chi connectivity index (χ3v) is 4.53. The van der Waals surface area contributed by atoms with E-state index >= 15 is 0 Å². The lowest BCUT2D eigenvalue weighted by Gasteiger charge is -2.01. The summed E-state index contributed by atoms with van der Waals surface area (Å²) in [6, 6.07) is 15.4. The Hall–Kier alpha value is -2.98. The van der Waals surface area contributed by atoms with Crippen LogP contribution in [0.5, 0.6) is 0 Å². The molecule has 25 heavy (non-hydrogen) atoms. The molecule has 0 bridgehead atoms. The third-order valence-electron chi connectivity index (χ3n) is 4.08. The number of cyclic esters (lactones) is 1. The molecule has 1 aromatic heterocycles. The van der Waals surface area contributed by atoms with Crippen LogP contribution in [-0.2, 0) is 9.53 Å². The minimum Gasteiger partial charge on any atom is -0.464 e. The Morgan fingerprint density at radius 3 is 2.60 bits per heavy atom. The highest BCUT2D eigenvalue weighted by atomic mass is 32.1. The van der Waals surface area contributed by atoms with Crippen LogP contribution in [0.3, 0.4) is 0 Å². The molecular weight excluding hydrogens is 332 g/mol. The molecule has 4 heteroatoms. The lowest BCUT2D eigenvalue weighted by Crippen LogP contribution is -1.97. The second-order valence-electron chi connectivity index (χ2n) is 5.88. The van der Waals surface area contributed by atoms with Gasteiger partial charge in [-0.25, -0.2) is 4.79 Å². The summed E-state index contributed by atoms with van der Waals surface area (Å²) in [5, 5.41) is 0.848. The van der Waals surface area contributed by atoms with E-state index in [-0.39, 0.29) is 0 Å². The molecule has 0 unspecified atom stereocenters. The maximum Gasteiger partial charge on any atom is 0.343 e. The van der Waals surface area contributed by atoms with Gasteiger partial charge in [0.15, 0.2) is 0 Å². The molecule has 0 atom stereocenters. The average molecular weight is 346 g/mol. The fourth-order valence-electron chi connectivity index (χ4n) is 2.71. The Labute approximate surface area is 149 Å². The monoisotopic (exact) mass is 346 g/mol. The van der Waals surface area contributed by atoms with Gasteiger partial charge in [0.1, 0.15) is 11.3 Å². The topological polar surface area (TPSA) is 39.4 Å². The number of hydrogen-bond acceptors (Lipinski definition) is 4. The quantitative estimate of drug-likeness (QED) is 0.351. The van der Waals surface area contributed by atoms with E-state index in [2.05, 4.69) is 0 Å². The molecule has 0 radical (unpaired) electrons. The van der Waals surface area contributed by atoms with Gasteiger partial charge in [-0.15, -0.1) is 0 Å². The molecule has 0 N–H and O–H groups in total. The number of para-hydroxylation sites is 1. The Morgan fingerprint density at radius 1 is 1.04 bits per heavy atom. The first-order valence-electron chi connectivity index (χ1n) is 7.85. The third kappa shape index (κ3) is 2.92. The highest BCUT2D eigenvalue weighted by molar-refractivity contribution is 7.71. The van der Waals surface area contributed by atoms with Crippen LogP contribution in [0, 0.1) is 11.4 Å². The van der Waals surface area contributed by atoms with Crippen LogP contribution in [0.4, 0.5) is 0 Å². The van der Waals surface area contributed by atoms with Crippen molar-refractivity contribution in [1.82, 2.24) is 0 Å². The first-order chi connectivity index (χ1) is 12.1. The predicted octanol–water partition coefficient (Wildman–Crippen LogP) is 5.45. The molecule has 0 saturated carbocycles. The summed E-state index contributed by atoms with van der Waals surface area (Å²) in [6.45, 7) is 2.01. The number of carbonyl (C=O) groups is 1. The van der Waals surface area contributed by atoms with Crippen LogP contribution >= 0.6 is 12.2 Å². The molecule has 1 aliphatic heterocycles. The SMILES string of the molecule is Cc1ccc(C2=C/C(=C\c3coc4ccccc4c3=S)C(=O)O2)cc1. The Kier molecular flexibility index (Phi) is 3.82. The number of esters is 1. The van der Waals surface area contributed by atoms with E-state index in [1.165, 1.54) is 0 Å². The van der Waals surface area contributed by atoms with Crippen LogP contribution in [0.25, 0.3) is 22.8 Å². The Morgan fingerprint density at radius 2 is 1.80 bits per heavy atom. The molecule has 2 heterocycles. The standard InChI is InChI=1S/C21H14O3S/c1-13-6-8-14(9-7-13)19-11-15(21(22)24-19)10-16-12-23-18-5-3-2-4-17(18)20(16)25/h2-12H,1H3/b15-10+. The summed E-state index contributed by atoms with van der Waals surface area (Å²) in [4.78, 5) is 12.2. The van der Waals surface area contributed by atoms with Crippen molar-refractivity contribution in [1.29, 1.82) is 0 Å². The van der Waals surface area contributed by atoms with Crippen molar-refractivity contribution in [3.05, 3.63) is 87.6 Å². The maximum absolute atomic E-state index is 12.2. The first kappa shape index (κ1) is 15.5. The summed E-state index contributed by atoms with van der Waals surface area (Å²) in [5.41, 5.74) is 3.87. The molecule has 0 spiro atoms. The van der Waals surface area contributed by atoms with Gasteiger partial charge < -0.3 is 9.15 Å². The predicted molar refractivity (Wildman–Crippen MR) is 100 cm³/mol. The number of carbonyl (C=O) groups excluding carboxylic acids is 1. The van der Waals surface area contributed by atoms with Gasteiger partial charge in [0, 0.05) is 16.5 Å². The first-order valence-corrected chi connectivity index (χ1v) is 8.26. The van der Waals surface area contributed by atoms with Gasteiger partial charge >= 0.3 is 5.97 Å². The van der Waals surface area contributed by atoms with E-state index in [0.717, 1.165) is 22.1 Å². The maximum atomic E-state index is 12.2. The van der Waals surface area contributed by atoms with Crippen LogP contribution < -0.4 is 0 Å². The van der Waals surface area contributed by atoms with Gasteiger partial charge in [-0.1, -0.05) is 54.2 Å². The van der Waals surface area contributed by atoms with Crippen LogP contribution in [0.1, 0.15) is 16.7 Å². The van der Waals surface area contributed by atoms with E-state index in [1.54, 1.807) is 18.4 Å². The second kappa shape index (κ2) is 6.15. The van der Waals surface area contributed by atoms with Gasteiger partial charge in [0.2, 0.25) is 0 Å². The van der Waals surface area contributed by atoms with Crippen LogP contribution in [0.2, 0.25) is 0 Å². The van der Waals surface area contributed by atoms with E-state index in [9.17, 15) is 4.79 Å². The lowest BCUT2D eigenvalue weighted by atomic mass is 10.1. The zero-order chi connectivity index (χ0) is 17.4. The number of benzene rings is 2. The van der Waals surface area contributed by atoms with Crippen molar-refractivity contribution in [3.63, 3.8) is 0 Å². The molecule has 0 fully saturated rings.